The van der Waals surface area contributed by atoms with Crippen molar-refractivity contribution < 1.29 is 16.8 Å². The lowest BCUT2D eigenvalue weighted by Gasteiger charge is -2.04. The summed E-state index contributed by atoms with van der Waals surface area (Å²) in [5, 5.41) is 0. The third-order valence-electron chi connectivity index (χ3n) is 1.42. The van der Waals surface area contributed by atoms with Crippen LogP contribution in [0.2, 0.25) is 0 Å². The maximum atomic E-state index is 11.2. The molecule has 0 aliphatic rings. The molecule has 1 rings (SSSR count). The van der Waals surface area contributed by atoms with Gasteiger partial charge in [0.15, 0.2) is 0 Å². The van der Waals surface area contributed by atoms with Crippen molar-refractivity contribution >= 4 is 25.9 Å². The van der Waals surface area contributed by atoms with Gasteiger partial charge in [-0.1, -0.05) is 0 Å². The lowest BCUT2D eigenvalue weighted by molar-refractivity contribution is 0.590. The molecule has 8 nitrogen and oxygen atoms in total. The molecule has 1 aromatic heterocycles. The van der Waals surface area contributed by atoms with Crippen LogP contribution in [0.4, 0.5) is 5.82 Å². The summed E-state index contributed by atoms with van der Waals surface area (Å²) >= 11 is 0. The lowest BCUT2D eigenvalue weighted by Crippen LogP contribution is -2.29. The van der Waals surface area contributed by atoms with Crippen LogP contribution in [0.1, 0.15) is 0 Å². The monoisotopic (exact) mass is 267 g/mol. The van der Waals surface area contributed by atoms with Crippen LogP contribution in [0.3, 0.4) is 0 Å². The van der Waals surface area contributed by atoms with Gasteiger partial charge in [0.25, 0.3) is 0 Å². The molecule has 0 fully saturated rings. The molecule has 0 aliphatic heterocycles. The summed E-state index contributed by atoms with van der Waals surface area (Å²) in [5.41, 5.74) is -1.07. The van der Waals surface area contributed by atoms with E-state index < -0.39 is 25.7 Å². The van der Waals surface area contributed by atoms with Crippen LogP contribution in [0.15, 0.2) is 17.1 Å². The zero-order chi connectivity index (χ0) is 12.6. The van der Waals surface area contributed by atoms with Gasteiger partial charge in [-0.3, -0.25) is 4.72 Å². The first-order chi connectivity index (χ1) is 7.09. The van der Waals surface area contributed by atoms with Crippen molar-refractivity contribution in [3.8, 4) is 0 Å². The normalized spacial score (nSPS) is 12.4. The summed E-state index contributed by atoms with van der Waals surface area (Å²) in [6.07, 6.45) is 2.65. The predicted molar refractivity (Wildman–Crippen MR) is 57.2 cm³/mol. The Labute approximate surface area is 92.0 Å². The Morgan fingerprint density at radius 3 is 2.19 bits per heavy atom. The van der Waals surface area contributed by atoms with E-state index in [1.807, 2.05) is 4.72 Å². The van der Waals surface area contributed by atoms with Gasteiger partial charge in [0, 0.05) is 6.20 Å². The summed E-state index contributed by atoms with van der Waals surface area (Å²) in [7, 11) is -7.28. The number of anilines is 1. The van der Waals surface area contributed by atoms with Crippen LogP contribution >= 0.6 is 0 Å². The molecule has 0 spiro atoms. The van der Waals surface area contributed by atoms with E-state index in [0.29, 0.717) is 3.97 Å². The molecule has 0 aliphatic carbocycles. The largest absolute Gasteiger partial charge is 0.363 e. The average Bonchev–Trinajstić information content (AvgIpc) is 1.97. The van der Waals surface area contributed by atoms with Crippen molar-refractivity contribution in [1.82, 2.24) is 8.96 Å². The fraction of sp³-hybridized carbons (Fsp3) is 0.333. The highest BCUT2D eigenvalue weighted by Crippen LogP contribution is 2.00. The van der Waals surface area contributed by atoms with Gasteiger partial charge >= 0.3 is 5.69 Å². The Bertz CT molecular complexity index is 658. The zero-order valence-electron chi connectivity index (χ0n) is 8.41. The number of hydrogen-bond acceptors (Lipinski definition) is 6. The molecule has 1 N–H and O–H groups in total. The topological polar surface area (TPSA) is 115 Å². The SMILES string of the molecule is CS(=O)(=O)Nc1ccn(S(C)(=O)=O)c(=O)n1. The molecule has 0 radical (unpaired) electrons. The molecular weight excluding hydrogens is 258 g/mol. The van der Waals surface area contributed by atoms with E-state index in [0.717, 1.165) is 24.8 Å². The Kier molecular flexibility index (Phi) is 3.06. The highest BCUT2D eigenvalue weighted by Gasteiger charge is 2.10. The van der Waals surface area contributed by atoms with Crippen molar-refractivity contribution in [3.63, 3.8) is 0 Å². The van der Waals surface area contributed by atoms with Gasteiger partial charge in [-0.15, -0.1) is 0 Å². The van der Waals surface area contributed by atoms with E-state index in [9.17, 15) is 21.6 Å². The predicted octanol–water partition coefficient (Wildman–Crippen LogP) is -1.58. The van der Waals surface area contributed by atoms with E-state index in [-0.39, 0.29) is 5.82 Å². The standard InChI is InChI=1S/C6H9N3O5S2/c1-15(11,12)8-5-3-4-9(6(10)7-5)16(2,13)14/h3-4H,1-2H3,(H,7,8,10). The Morgan fingerprint density at radius 2 is 1.81 bits per heavy atom. The third kappa shape index (κ3) is 3.31. The smallest absolute Gasteiger partial charge is 0.267 e. The molecule has 1 heterocycles. The summed E-state index contributed by atoms with van der Waals surface area (Å²) in [6.45, 7) is 0. The number of hydrogen-bond donors (Lipinski definition) is 1. The molecule has 0 amide bonds. The molecular formula is C6H9N3O5S2. The van der Waals surface area contributed by atoms with Crippen LogP contribution in [-0.2, 0) is 20.0 Å². The van der Waals surface area contributed by atoms with Gasteiger partial charge in [0.1, 0.15) is 5.82 Å². The molecule has 16 heavy (non-hydrogen) atoms. The molecule has 0 saturated heterocycles. The van der Waals surface area contributed by atoms with Crippen LogP contribution in [-0.4, -0.2) is 38.3 Å². The first-order valence-electron chi connectivity index (χ1n) is 3.88. The quantitative estimate of drug-likeness (QED) is 0.707. The first kappa shape index (κ1) is 12.6. The van der Waals surface area contributed by atoms with Gasteiger partial charge in [-0.25, -0.2) is 21.6 Å². The summed E-state index contributed by atoms with van der Waals surface area (Å²) in [4.78, 5) is 14.5. The van der Waals surface area contributed by atoms with Gasteiger partial charge < -0.3 is 0 Å². The van der Waals surface area contributed by atoms with Crippen LogP contribution in [0.5, 0.6) is 0 Å². The van der Waals surface area contributed by atoms with E-state index in [1.54, 1.807) is 0 Å². The zero-order valence-corrected chi connectivity index (χ0v) is 10.0. The minimum absolute atomic E-state index is 0.229. The highest BCUT2D eigenvalue weighted by molar-refractivity contribution is 7.92. The van der Waals surface area contributed by atoms with Crippen molar-refractivity contribution in [2.24, 2.45) is 0 Å². The van der Waals surface area contributed by atoms with Crippen molar-refractivity contribution in [2.75, 3.05) is 17.2 Å². The Morgan fingerprint density at radius 1 is 1.25 bits per heavy atom. The van der Waals surface area contributed by atoms with E-state index in [4.69, 9.17) is 0 Å². The van der Waals surface area contributed by atoms with Crippen LogP contribution < -0.4 is 10.4 Å². The summed E-state index contributed by atoms with van der Waals surface area (Å²) in [6, 6.07) is 1.07. The van der Waals surface area contributed by atoms with Gasteiger partial charge in [-0.2, -0.15) is 8.96 Å². The Balaban J connectivity index is 3.26. The molecule has 0 bridgehead atoms. The van der Waals surface area contributed by atoms with E-state index in [2.05, 4.69) is 4.98 Å². The van der Waals surface area contributed by atoms with Crippen LogP contribution in [0, 0.1) is 0 Å². The molecule has 0 saturated carbocycles. The minimum atomic E-state index is -3.73. The molecule has 1 aromatic rings. The second-order valence-electron chi connectivity index (χ2n) is 3.03. The van der Waals surface area contributed by atoms with E-state index >= 15 is 0 Å². The molecule has 0 unspecified atom stereocenters. The van der Waals surface area contributed by atoms with Gasteiger partial charge in [-0.05, 0) is 6.07 Å². The van der Waals surface area contributed by atoms with Crippen molar-refractivity contribution in [1.29, 1.82) is 0 Å². The molecule has 0 aromatic carbocycles. The maximum Gasteiger partial charge on any atom is 0.363 e. The highest BCUT2D eigenvalue weighted by atomic mass is 32.2. The maximum absolute atomic E-state index is 11.2. The van der Waals surface area contributed by atoms with Crippen LogP contribution in [0.25, 0.3) is 0 Å². The van der Waals surface area contributed by atoms with Gasteiger partial charge in [0.05, 0.1) is 12.5 Å². The number of sulfonamides is 1. The number of rotatable bonds is 3. The third-order valence-corrected chi connectivity index (χ3v) is 2.99. The first-order valence-corrected chi connectivity index (χ1v) is 7.61. The summed E-state index contributed by atoms with van der Waals surface area (Å²) < 4.78 is 46.1. The molecule has 10 heteroatoms. The average molecular weight is 267 g/mol. The summed E-state index contributed by atoms with van der Waals surface area (Å²) in [5.74, 6) is -0.229. The van der Waals surface area contributed by atoms with Crippen molar-refractivity contribution in [2.45, 2.75) is 0 Å². The van der Waals surface area contributed by atoms with E-state index in [1.165, 1.54) is 0 Å². The van der Waals surface area contributed by atoms with Gasteiger partial charge in [0.2, 0.25) is 20.0 Å². The van der Waals surface area contributed by atoms with Crippen molar-refractivity contribution in [3.05, 3.63) is 22.7 Å². The second-order valence-corrected chi connectivity index (χ2v) is 6.64. The number of aromatic nitrogens is 2. The lowest BCUT2D eigenvalue weighted by atomic mass is 10.6. The fourth-order valence-electron chi connectivity index (χ4n) is 0.891. The second kappa shape index (κ2) is 3.87. The number of nitrogens with zero attached hydrogens (tertiary/aromatic N) is 2. The fourth-order valence-corrected chi connectivity index (χ4v) is 1.99. The number of nitrogens with one attached hydrogen (secondary N) is 1. The Hall–Kier alpha value is -1.42. The molecule has 0 atom stereocenters. The molecule has 90 valence electrons. The minimum Gasteiger partial charge on any atom is -0.267 e.